The summed E-state index contributed by atoms with van der Waals surface area (Å²) in [5, 5.41) is 2.47. The lowest BCUT2D eigenvalue weighted by atomic mass is 10.2. The largest absolute Gasteiger partial charge is 0.322 e. The highest BCUT2D eigenvalue weighted by atomic mass is 35.5. The third-order valence-electron chi connectivity index (χ3n) is 3.50. The molecule has 3 rings (SSSR count). The van der Waals surface area contributed by atoms with Gasteiger partial charge in [0.25, 0.3) is 5.91 Å². The molecule has 0 aromatic heterocycles. The van der Waals surface area contributed by atoms with E-state index in [-0.39, 0.29) is 21.5 Å². The summed E-state index contributed by atoms with van der Waals surface area (Å²) in [6, 6.07) is 9.43. The Kier molecular flexibility index (Phi) is 4.58. The molecule has 0 saturated heterocycles. The SMILES string of the molecule is O=C(Nc1ccc(F)c(Cl)c1)c1ccc(S(=O)(=O)NC2CC2)cc1. The molecule has 2 aromatic carbocycles. The van der Waals surface area contributed by atoms with Crippen molar-refractivity contribution in [1.82, 2.24) is 4.72 Å². The van der Waals surface area contributed by atoms with Gasteiger partial charge in [-0.2, -0.15) is 0 Å². The van der Waals surface area contributed by atoms with Gasteiger partial charge < -0.3 is 5.32 Å². The van der Waals surface area contributed by atoms with Gasteiger partial charge >= 0.3 is 0 Å². The number of rotatable bonds is 5. The molecule has 0 heterocycles. The van der Waals surface area contributed by atoms with E-state index in [2.05, 4.69) is 10.0 Å². The van der Waals surface area contributed by atoms with Gasteiger partial charge in [-0.25, -0.2) is 17.5 Å². The van der Waals surface area contributed by atoms with Gasteiger partial charge in [0, 0.05) is 17.3 Å². The van der Waals surface area contributed by atoms with Crippen molar-refractivity contribution in [3.8, 4) is 0 Å². The summed E-state index contributed by atoms with van der Waals surface area (Å²) in [5.74, 6) is -1.02. The molecular formula is C16H14ClFN2O3S. The molecule has 1 aliphatic carbocycles. The summed E-state index contributed by atoms with van der Waals surface area (Å²) in [5.41, 5.74) is 0.624. The highest BCUT2D eigenvalue weighted by molar-refractivity contribution is 7.89. The van der Waals surface area contributed by atoms with Crippen LogP contribution in [0.25, 0.3) is 0 Å². The Labute approximate surface area is 143 Å². The molecule has 0 aliphatic heterocycles. The first-order valence-electron chi connectivity index (χ1n) is 7.24. The Balaban J connectivity index is 1.72. The number of sulfonamides is 1. The number of benzene rings is 2. The normalized spacial score (nSPS) is 14.4. The molecule has 0 atom stereocenters. The van der Waals surface area contributed by atoms with E-state index in [0.717, 1.165) is 18.9 Å². The van der Waals surface area contributed by atoms with Crippen molar-refractivity contribution in [2.75, 3.05) is 5.32 Å². The van der Waals surface area contributed by atoms with Crippen LogP contribution in [0, 0.1) is 5.82 Å². The smallest absolute Gasteiger partial charge is 0.255 e. The summed E-state index contributed by atoms with van der Waals surface area (Å²) in [7, 11) is -3.55. The fraction of sp³-hybridized carbons (Fsp3) is 0.188. The second-order valence-electron chi connectivity index (χ2n) is 5.50. The summed E-state index contributed by atoms with van der Waals surface area (Å²) < 4.78 is 39.8. The predicted octanol–water partition coefficient (Wildman–Crippen LogP) is 3.17. The molecule has 1 amide bonds. The molecule has 0 spiro atoms. The van der Waals surface area contributed by atoms with Crippen LogP contribution in [0.2, 0.25) is 5.02 Å². The van der Waals surface area contributed by atoms with Crippen LogP contribution in [0.4, 0.5) is 10.1 Å². The van der Waals surface area contributed by atoms with Crippen LogP contribution >= 0.6 is 11.6 Å². The van der Waals surface area contributed by atoms with E-state index in [1.54, 1.807) is 0 Å². The van der Waals surface area contributed by atoms with Crippen molar-refractivity contribution >= 4 is 33.2 Å². The minimum Gasteiger partial charge on any atom is -0.322 e. The quantitative estimate of drug-likeness (QED) is 0.851. The molecule has 0 bridgehead atoms. The monoisotopic (exact) mass is 368 g/mol. The predicted molar refractivity (Wildman–Crippen MR) is 89.1 cm³/mol. The van der Waals surface area contributed by atoms with E-state index in [1.165, 1.54) is 36.4 Å². The number of hydrogen-bond acceptors (Lipinski definition) is 3. The average molecular weight is 369 g/mol. The minimum absolute atomic E-state index is 0.0150. The van der Waals surface area contributed by atoms with Crippen LogP contribution in [-0.4, -0.2) is 20.4 Å². The van der Waals surface area contributed by atoms with Crippen LogP contribution in [0.15, 0.2) is 47.4 Å². The number of carbonyl (C=O) groups is 1. The van der Waals surface area contributed by atoms with Gasteiger partial charge in [-0.3, -0.25) is 4.79 Å². The maximum atomic E-state index is 13.1. The minimum atomic E-state index is -3.55. The second-order valence-corrected chi connectivity index (χ2v) is 7.62. The Hall–Kier alpha value is -1.96. The molecule has 2 N–H and O–H groups in total. The number of hydrogen-bond donors (Lipinski definition) is 2. The molecule has 1 fully saturated rings. The van der Waals surface area contributed by atoms with Crippen molar-refractivity contribution in [2.45, 2.75) is 23.8 Å². The van der Waals surface area contributed by atoms with Crippen LogP contribution in [-0.2, 0) is 10.0 Å². The first-order chi connectivity index (χ1) is 11.3. The molecule has 0 unspecified atom stereocenters. The average Bonchev–Trinajstić information content (AvgIpc) is 3.34. The summed E-state index contributed by atoms with van der Waals surface area (Å²) in [6.45, 7) is 0. The van der Waals surface area contributed by atoms with Gasteiger partial charge in [-0.15, -0.1) is 0 Å². The zero-order chi connectivity index (χ0) is 17.3. The van der Waals surface area contributed by atoms with Gasteiger partial charge in [0.05, 0.1) is 9.92 Å². The first kappa shape index (κ1) is 16.9. The van der Waals surface area contributed by atoms with Gasteiger partial charge in [-0.1, -0.05) is 11.6 Å². The van der Waals surface area contributed by atoms with Crippen molar-refractivity contribution < 1.29 is 17.6 Å². The van der Waals surface area contributed by atoms with Crippen LogP contribution in [0.5, 0.6) is 0 Å². The highest BCUT2D eigenvalue weighted by Gasteiger charge is 2.27. The molecule has 0 radical (unpaired) electrons. The van der Waals surface area contributed by atoms with E-state index in [0.29, 0.717) is 5.69 Å². The Morgan fingerprint density at radius 3 is 2.38 bits per heavy atom. The first-order valence-corrected chi connectivity index (χ1v) is 9.10. The molecular weight excluding hydrogens is 355 g/mol. The highest BCUT2D eigenvalue weighted by Crippen LogP contribution is 2.23. The van der Waals surface area contributed by atoms with Gasteiger partial charge in [0.2, 0.25) is 10.0 Å². The molecule has 5 nitrogen and oxygen atoms in total. The number of amides is 1. The lowest BCUT2D eigenvalue weighted by Gasteiger charge is -2.08. The third kappa shape index (κ3) is 3.92. The molecule has 24 heavy (non-hydrogen) atoms. The fourth-order valence-electron chi connectivity index (χ4n) is 2.05. The topological polar surface area (TPSA) is 75.3 Å². The molecule has 1 saturated carbocycles. The second kappa shape index (κ2) is 6.51. The molecule has 1 aliphatic rings. The number of anilines is 1. The number of carbonyl (C=O) groups excluding carboxylic acids is 1. The van der Waals surface area contributed by atoms with Crippen LogP contribution in [0.1, 0.15) is 23.2 Å². The summed E-state index contributed by atoms with van der Waals surface area (Å²) in [6.07, 6.45) is 1.69. The summed E-state index contributed by atoms with van der Waals surface area (Å²) >= 11 is 5.66. The zero-order valence-corrected chi connectivity index (χ0v) is 14.0. The van der Waals surface area contributed by atoms with Crippen LogP contribution in [0.3, 0.4) is 0 Å². The van der Waals surface area contributed by atoms with Crippen molar-refractivity contribution in [1.29, 1.82) is 0 Å². The van der Waals surface area contributed by atoms with E-state index < -0.39 is 21.7 Å². The molecule has 8 heteroatoms. The lowest BCUT2D eigenvalue weighted by molar-refractivity contribution is 0.102. The van der Waals surface area contributed by atoms with Crippen LogP contribution < -0.4 is 10.0 Å². The summed E-state index contributed by atoms with van der Waals surface area (Å²) in [4.78, 5) is 12.3. The van der Waals surface area contributed by atoms with Gasteiger partial charge in [0.15, 0.2) is 0 Å². The number of nitrogens with one attached hydrogen (secondary N) is 2. The standard InChI is InChI=1S/C16H14ClFN2O3S/c17-14-9-12(5-8-15(14)18)19-16(21)10-1-6-13(7-2-10)24(22,23)20-11-3-4-11/h1-2,5-9,11,20H,3-4H2,(H,19,21). The van der Waals surface area contributed by atoms with Gasteiger partial charge in [0.1, 0.15) is 5.82 Å². The van der Waals surface area contributed by atoms with Gasteiger partial charge in [-0.05, 0) is 55.3 Å². The van der Waals surface area contributed by atoms with E-state index in [4.69, 9.17) is 11.6 Å². The number of halogens is 2. The van der Waals surface area contributed by atoms with E-state index in [1.807, 2.05) is 0 Å². The van der Waals surface area contributed by atoms with E-state index >= 15 is 0 Å². The molecule has 2 aromatic rings. The Morgan fingerprint density at radius 2 is 1.79 bits per heavy atom. The Morgan fingerprint density at radius 1 is 1.12 bits per heavy atom. The maximum absolute atomic E-state index is 13.1. The third-order valence-corrected chi connectivity index (χ3v) is 5.33. The maximum Gasteiger partial charge on any atom is 0.255 e. The van der Waals surface area contributed by atoms with E-state index in [9.17, 15) is 17.6 Å². The zero-order valence-electron chi connectivity index (χ0n) is 12.4. The fourth-order valence-corrected chi connectivity index (χ4v) is 3.54. The molecule has 126 valence electrons. The lowest BCUT2D eigenvalue weighted by Crippen LogP contribution is -2.25. The Bertz CT molecular complexity index is 881. The van der Waals surface area contributed by atoms with Crippen molar-refractivity contribution in [2.24, 2.45) is 0 Å². The van der Waals surface area contributed by atoms with Crippen molar-refractivity contribution in [3.05, 3.63) is 58.9 Å². The van der Waals surface area contributed by atoms with Crippen molar-refractivity contribution in [3.63, 3.8) is 0 Å².